The van der Waals surface area contributed by atoms with Gasteiger partial charge in [-0.05, 0) is 13.8 Å². The molecule has 12 heavy (non-hydrogen) atoms. The molecule has 0 aromatic carbocycles. The van der Waals surface area contributed by atoms with E-state index >= 15 is 0 Å². The average molecular weight is 172 g/mol. The van der Waals surface area contributed by atoms with Crippen LogP contribution in [0.25, 0.3) is 0 Å². The van der Waals surface area contributed by atoms with E-state index in [1.165, 1.54) is 6.08 Å². The van der Waals surface area contributed by atoms with Crippen molar-refractivity contribution in [2.24, 2.45) is 0 Å². The summed E-state index contributed by atoms with van der Waals surface area (Å²) in [5.74, 6) is -0.494. The van der Waals surface area contributed by atoms with Crippen LogP contribution < -0.4 is 0 Å². The van der Waals surface area contributed by atoms with Gasteiger partial charge in [-0.15, -0.1) is 6.58 Å². The summed E-state index contributed by atoms with van der Waals surface area (Å²) >= 11 is 0. The number of hydrogen-bond donors (Lipinski definition) is 1. The summed E-state index contributed by atoms with van der Waals surface area (Å²) in [5.41, 5.74) is 0. The van der Waals surface area contributed by atoms with Crippen molar-refractivity contribution < 1.29 is 14.6 Å². The largest absolute Gasteiger partial charge is 0.389 e. The Kier molecular flexibility index (Phi) is 2.88. The lowest BCUT2D eigenvalue weighted by Gasteiger charge is -2.17. The zero-order valence-corrected chi connectivity index (χ0v) is 7.62. The zero-order chi connectivity index (χ0) is 9.19. The minimum Gasteiger partial charge on any atom is -0.389 e. The van der Waals surface area contributed by atoms with Crippen molar-refractivity contribution in [3.8, 4) is 0 Å². The average Bonchev–Trinajstić information content (AvgIpc) is 2.30. The molecule has 0 amide bonds. The predicted octanol–water partition coefficient (Wildman–Crippen LogP) is 1.07. The highest BCUT2D eigenvalue weighted by atomic mass is 16.7. The molecule has 1 unspecified atom stereocenters. The molecule has 0 aromatic heterocycles. The van der Waals surface area contributed by atoms with Crippen LogP contribution in [0, 0.1) is 0 Å². The zero-order valence-electron chi connectivity index (χ0n) is 7.62. The van der Waals surface area contributed by atoms with Crippen LogP contribution in [0.15, 0.2) is 12.7 Å². The number of hydrogen-bond acceptors (Lipinski definition) is 3. The molecule has 0 spiro atoms. The second kappa shape index (κ2) is 3.56. The Hall–Kier alpha value is -0.380. The highest BCUT2D eigenvalue weighted by molar-refractivity contribution is 4.83. The summed E-state index contributed by atoms with van der Waals surface area (Å²) in [4.78, 5) is 0. The first-order chi connectivity index (χ1) is 5.53. The monoisotopic (exact) mass is 172 g/mol. The van der Waals surface area contributed by atoms with Crippen LogP contribution in [-0.4, -0.2) is 29.7 Å². The maximum atomic E-state index is 9.23. The number of aliphatic hydroxyl groups excluding tert-OH is 1. The molecule has 1 saturated heterocycles. The van der Waals surface area contributed by atoms with Crippen LogP contribution >= 0.6 is 0 Å². The third-order valence-electron chi connectivity index (χ3n) is 1.84. The first kappa shape index (κ1) is 9.71. The van der Waals surface area contributed by atoms with Gasteiger partial charge in [-0.3, -0.25) is 0 Å². The molecular weight excluding hydrogens is 156 g/mol. The predicted molar refractivity (Wildman–Crippen MR) is 45.7 cm³/mol. The molecule has 2 atom stereocenters. The highest BCUT2D eigenvalue weighted by Gasteiger charge is 2.33. The summed E-state index contributed by atoms with van der Waals surface area (Å²) in [6.07, 6.45) is 1.57. The lowest BCUT2D eigenvalue weighted by atomic mass is 10.2. The van der Waals surface area contributed by atoms with Crippen LogP contribution in [0.2, 0.25) is 0 Å². The van der Waals surface area contributed by atoms with E-state index in [1.807, 2.05) is 13.8 Å². The molecule has 3 heteroatoms. The van der Waals surface area contributed by atoms with Crippen molar-refractivity contribution in [2.75, 3.05) is 6.61 Å². The molecule has 1 fully saturated rings. The van der Waals surface area contributed by atoms with E-state index in [9.17, 15) is 5.11 Å². The minimum absolute atomic E-state index is 0.00648. The smallest absolute Gasteiger partial charge is 0.163 e. The van der Waals surface area contributed by atoms with Crippen molar-refractivity contribution in [1.29, 1.82) is 0 Å². The molecule has 1 aliphatic heterocycles. The van der Waals surface area contributed by atoms with Gasteiger partial charge in [0.15, 0.2) is 5.79 Å². The SMILES string of the molecule is C=CC(O)C[C@H]1COC(C)(C)O1. The molecule has 3 nitrogen and oxygen atoms in total. The first-order valence-corrected chi connectivity index (χ1v) is 4.16. The van der Waals surface area contributed by atoms with Crippen LogP contribution in [0.5, 0.6) is 0 Å². The fraction of sp³-hybridized carbons (Fsp3) is 0.778. The van der Waals surface area contributed by atoms with Gasteiger partial charge in [0.05, 0.1) is 18.8 Å². The van der Waals surface area contributed by atoms with Gasteiger partial charge < -0.3 is 14.6 Å². The Balaban J connectivity index is 2.33. The Morgan fingerprint density at radius 1 is 1.75 bits per heavy atom. The molecular formula is C9H16O3. The number of rotatable bonds is 3. The van der Waals surface area contributed by atoms with Crippen LogP contribution in [0.4, 0.5) is 0 Å². The van der Waals surface area contributed by atoms with Gasteiger partial charge in [-0.2, -0.15) is 0 Å². The van der Waals surface area contributed by atoms with Crippen LogP contribution in [0.1, 0.15) is 20.3 Å². The quantitative estimate of drug-likeness (QED) is 0.647. The Morgan fingerprint density at radius 2 is 2.42 bits per heavy atom. The van der Waals surface area contributed by atoms with E-state index in [1.54, 1.807) is 0 Å². The van der Waals surface area contributed by atoms with Gasteiger partial charge in [-0.25, -0.2) is 0 Å². The highest BCUT2D eigenvalue weighted by Crippen LogP contribution is 2.24. The molecule has 0 aromatic rings. The molecule has 1 N–H and O–H groups in total. The second-order valence-electron chi connectivity index (χ2n) is 3.49. The van der Waals surface area contributed by atoms with Gasteiger partial charge >= 0.3 is 0 Å². The van der Waals surface area contributed by atoms with Gasteiger partial charge in [0.25, 0.3) is 0 Å². The Labute approximate surface area is 73.0 Å². The molecule has 1 heterocycles. The van der Waals surface area contributed by atoms with E-state index in [-0.39, 0.29) is 6.10 Å². The topological polar surface area (TPSA) is 38.7 Å². The summed E-state index contributed by atoms with van der Waals surface area (Å²) < 4.78 is 10.8. The van der Waals surface area contributed by atoms with Crippen molar-refractivity contribution in [2.45, 2.75) is 38.3 Å². The molecule has 0 radical (unpaired) electrons. The van der Waals surface area contributed by atoms with Crippen LogP contribution in [-0.2, 0) is 9.47 Å². The van der Waals surface area contributed by atoms with Gasteiger partial charge in [0, 0.05) is 6.42 Å². The Morgan fingerprint density at radius 3 is 2.83 bits per heavy atom. The van der Waals surface area contributed by atoms with E-state index in [0.717, 1.165) is 0 Å². The first-order valence-electron chi connectivity index (χ1n) is 4.16. The van der Waals surface area contributed by atoms with Crippen LogP contribution in [0.3, 0.4) is 0 Å². The molecule has 0 aliphatic carbocycles. The van der Waals surface area contributed by atoms with Gasteiger partial charge in [0.2, 0.25) is 0 Å². The normalized spacial score (nSPS) is 30.1. The maximum absolute atomic E-state index is 9.23. The lowest BCUT2D eigenvalue weighted by Crippen LogP contribution is -2.23. The fourth-order valence-electron chi connectivity index (χ4n) is 1.24. The second-order valence-corrected chi connectivity index (χ2v) is 3.49. The van der Waals surface area contributed by atoms with E-state index in [0.29, 0.717) is 13.0 Å². The van der Waals surface area contributed by atoms with E-state index in [4.69, 9.17) is 9.47 Å². The van der Waals surface area contributed by atoms with Gasteiger partial charge in [0.1, 0.15) is 0 Å². The molecule has 70 valence electrons. The molecule has 0 bridgehead atoms. The molecule has 1 rings (SSSR count). The third kappa shape index (κ3) is 2.59. The molecule has 1 aliphatic rings. The number of aliphatic hydroxyl groups is 1. The Bertz CT molecular complexity index is 165. The lowest BCUT2D eigenvalue weighted by molar-refractivity contribution is -0.140. The summed E-state index contributed by atoms with van der Waals surface area (Å²) in [7, 11) is 0. The summed E-state index contributed by atoms with van der Waals surface area (Å²) in [5, 5.41) is 9.23. The van der Waals surface area contributed by atoms with Gasteiger partial charge in [-0.1, -0.05) is 6.08 Å². The van der Waals surface area contributed by atoms with Crippen molar-refractivity contribution in [3.05, 3.63) is 12.7 Å². The van der Waals surface area contributed by atoms with Crippen molar-refractivity contribution in [3.63, 3.8) is 0 Å². The fourth-order valence-corrected chi connectivity index (χ4v) is 1.24. The number of ether oxygens (including phenoxy) is 2. The van der Waals surface area contributed by atoms with Crippen molar-refractivity contribution in [1.82, 2.24) is 0 Å². The maximum Gasteiger partial charge on any atom is 0.163 e. The summed E-state index contributed by atoms with van der Waals surface area (Å²) in [6, 6.07) is 0. The molecule has 0 saturated carbocycles. The van der Waals surface area contributed by atoms with E-state index in [2.05, 4.69) is 6.58 Å². The minimum atomic E-state index is -0.494. The third-order valence-corrected chi connectivity index (χ3v) is 1.84. The van der Waals surface area contributed by atoms with Crippen molar-refractivity contribution >= 4 is 0 Å². The standard InChI is InChI=1S/C9H16O3/c1-4-7(10)5-8-6-11-9(2,3)12-8/h4,7-8,10H,1,5-6H2,2-3H3/t7?,8-/m0/s1. The van der Waals surface area contributed by atoms with E-state index < -0.39 is 11.9 Å². The summed E-state index contributed by atoms with van der Waals surface area (Å²) in [6.45, 7) is 7.78.